The Morgan fingerprint density at radius 2 is 1.86 bits per heavy atom. The summed E-state index contributed by atoms with van der Waals surface area (Å²) in [7, 11) is 0. The highest BCUT2D eigenvalue weighted by Crippen LogP contribution is 2.32. The number of aromatic nitrogens is 3. The largest absolute Gasteiger partial charge is 0.394 e. The number of hydrogen-bond donors (Lipinski definition) is 4. The number of rotatable bonds is 9. The number of fused-ring (bicyclic) bond motifs is 1. The van der Waals surface area contributed by atoms with Gasteiger partial charge in [0.1, 0.15) is 11.6 Å². The first kappa shape index (κ1) is 25.6. The number of aliphatic hydroxyl groups is 2. The summed E-state index contributed by atoms with van der Waals surface area (Å²) in [6, 6.07) is 15.3. The van der Waals surface area contributed by atoms with Crippen LogP contribution in [-0.2, 0) is 6.54 Å². The molecule has 0 saturated heterocycles. The molecular formula is C28H31ClFN5O2. The third-order valence-corrected chi connectivity index (χ3v) is 7.26. The molecule has 0 amide bonds. The molecule has 7 nitrogen and oxygen atoms in total. The minimum Gasteiger partial charge on any atom is -0.394 e. The summed E-state index contributed by atoms with van der Waals surface area (Å²) < 4.78 is 15.7. The third kappa shape index (κ3) is 6.27. The van der Waals surface area contributed by atoms with Crippen molar-refractivity contribution in [2.75, 3.05) is 18.5 Å². The molecule has 2 heterocycles. The molecule has 194 valence electrons. The van der Waals surface area contributed by atoms with Gasteiger partial charge in [0, 0.05) is 36.9 Å². The molecule has 4 N–H and O–H groups in total. The Bertz CT molecular complexity index is 1360. The predicted octanol–water partition coefficient (Wildman–Crippen LogP) is 4.61. The van der Waals surface area contributed by atoms with E-state index in [0.29, 0.717) is 30.2 Å². The van der Waals surface area contributed by atoms with Crippen molar-refractivity contribution in [2.24, 2.45) is 0 Å². The SMILES string of the molecule is OCC(O)CNC1CCC(Nc2cc(-c3ccc4ncn(Cc5cccc(F)c5)c4c3)c(Cl)cn2)CC1. The van der Waals surface area contributed by atoms with Gasteiger partial charge in [0.05, 0.1) is 35.1 Å². The fourth-order valence-corrected chi connectivity index (χ4v) is 5.15. The normalized spacial score (nSPS) is 18.7. The molecule has 1 fully saturated rings. The van der Waals surface area contributed by atoms with Gasteiger partial charge < -0.3 is 25.4 Å². The molecule has 9 heteroatoms. The van der Waals surface area contributed by atoms with Crippen LogP contribution in [-0.4, -0.2) is 56.1 Å². The topological polar surface area (TPSA) is 95.2 Å². The second-order valence-electron chi connectivity index (χ2n) is 9.69. The van der Waals surface area contributed by atoms with Crippen LogP contribution >= 0.6 is 11.6 Å². The van der Waals surface area contributed by atoms with Crippen molar-refractivity contribution < 1.29 is 14.6 Å². The van der Waals surface area contributed by atoms with Crippen molar-refractivity contribution in [1.82, 2.24) is 19.9 Å². The fraction of sp³-hybridized carbons (Fsp3) is 0.357. The van der Waals surface area contributed by atoms with Crippen LogP contribution in [0.15, 0.2) is 61.1 Å². The van der Waals surface area contributed by atoms with Gasteiger partial charge in [-0.05, 0) is 67.1 Å². The second kappa shape index (κ2) is 11.6. The standard InChI is InChI=1S/C28H31ClFN5O2/c29-25-14-32-28(34-22-7-5-21(6-8-22)31-13-23(37)16-36)12-24(25)19-4-9-26-27(11-19)35(17-33-26)15-18-2-1-3-20(30)10-18/h1-4,9-12,14,17,21-23,31,36-37H,5-8,13,15-16H2,(H,32,34). The molecule has 1 atom stereocenters. The summed E-state index contributed by atoms with van der Waals surface area (Å²) in [6.45, 7) is 0.703. The lowest BCUT2D eigenvalue weighted by Gasteiger charge is -2.30. The molecule has 0 bridgehead atoms. The molecule has 1 aliphatic rings. The lowest BCUT2D eigenvalue weighted by molar-refractivity contribution is 0.0902. The summed E-state index contributed by atoms with van der Waals surface area (Å²) in [5.74, 6) is 0.524. The number of hydrogen-bond acceptors (Lipinski definition) is 6. The highest BCUT2D eigenvalue weighted by Gasteiger charge is 2.22. The van der Waals surface area contributed by atoms with E-state index in [0.717, 1.165) is 59.2 Å². The zero-order valence-electron chi connectivity index (χ0n) is 20.4. The summed E-state index contributed by atoms with van der Waals surface area (Å²) in [4.78, 5) is 9.01. The van der Waals surface area contributed by atoms with E-state index < -0.39 is 6.10 Å². The van der Waals surface area contributed by atoms with Gasteiger partial charge in [0.2, 0.25) is 0 Å². The fourth-order valence-electron chi connectivity index (χ4n) is 4.94. The Hall–Kier alpha value is -3.04. The van der Waals surface area contributed by atoms with Gasteiger partial charge in [-0.2, -0.15) is 0 Å². The minimum atomic E-state index is -0.716. The summed E-state index contributed by atoms with van der Waals surface area (Å²) in [6.07, 6.45) is 6.68. The van der Waals surface area contributed by atoms with Crippen LogP contribution in [0.2, 0.25) is 5.02 Å². The maximum atomic E-state index is 13.7. The molecule has 0 spiro atoms. The number of anilines is 1. The Labute approximate surface area is 220 Å². The minimum absolute atomic E-state index is 0.225. The summed E-state index contributed by atoms with van der Waals surface area (Å²) in [5.41, 5.74) is 4.52. The maximum absolute atomic E-state index is 13.7. The highest BCUT2D eigenvalue weighted by molar-refractivity contribution is 6.33. The lowest BCUT2D eigenvalue weighted by atomic mass is 9.91. The Morgan fingerprint density at radius 3 is 2.65 bits per heavy atom. The van der Waals surface area contributed by atoms with Crippen molar-refractivity contribution in [3.8, 4) is 11.1 Å². The van der Waals surface area contributed by atoms with E-state index in [4.69, 9.17) is 16.7 Å². The highest BCUT2D eigenvalue weighted by atomic mass is 35.5. The molecular weight excluding hydrogens is 493 g/mol. The zero-order chi connectivity index (χ0) is 25.8. The lowest BCUT2D eigenvalue weighted by Crippen LogP contribution is -2.41. The van der Waals surface area contributed by atoms with Crippen LogP contribution in [0.25, 0.3) is 22.2 Å². The van der Waals surface area contributed by atoms with Crippen molar-refractivity contribution >= 4 is 28.5 Å². The van der Waals surface area contributed by atoms with Crippen LogP contribution in [0.4, 0.5) is 10.2 Å². The zero-order valence-corrected chi connectivity index (χ0v) is 21.2. The Kier molecular flexibility index (Phi) is 8.00. The van der Waals surface area contributed by atoms with E-state index in [1.807, 2.05) is 28.8 Å². The van der Waals surface area contributed by atoms with E-state index in [1.54, 1.807) is 18.6 Å². The van der Waals surface area contributed by atoms with Crippen LogP contribution in [0.5, 0.6) is 0 Å². The number of nitrogens with zero attached hydrogens (tertiary/aromatic N) is 3. The first-order chi connectivity index (χ1) is 18.0. The van der Waals surface area contributed by atoms with Gasteiger partial charge in [0.15, 0.2) is 0 Å². The molecule has 1 saturated carbocycles. The number of benzene rings is 2. The molecule has 1 unspecified atom stereocenters. The monoisotopic (exact) mass is 523 g/mol. The molecule has 0 aliphatic heterocycles. The van der Waals surface area contributed by atoms with Crippen molar-refractivity contribution in [3.63, 3.8) is 0 Å². The Balaban J connectivity index is 1.29. The van der Waals surface area contributed by atoms with Crippen LogP contribution in [0, 0.1) is 5.82 Å². The van der Waals surface area contributed by atoms with E-state index >= 15 is 0 Å². The van der Waals surface area contributed by atoms with Crippen LogP contribution in [0.1, 0.15) is 31.2 Å². The number of halogens is 2. The quantitative estimate of drug-likeness (QED) is 0.256. The average Bonchev–Trinajstić information content (AvgIpc) is 3.31. The first-order valence-corrected chi connectivity index (χ1v) is 13.0. The van der Waals surface area contributed by atoms with Crippen molar-refractivity contribution in [3.05, 3.63) is 77.5 Å². The smallest absolute Gasteiger partial charge is 0.126 e. The molecule has 0 radical (unpaired) electrons. The van der Waals surface area contributed by atoms with E-state index in [-0.39, 0.29) is 12.4 Å². The number of pyridine rings is 1. The van der Waals surface area contributed by atoms with E-state index in [9.17, 15) is 9.50 Å². The van der Waals surface area contributed by atoms with Gasteiger partial charge in [-0.3, -0.25) is 0 Å². The van der Waals surface area contributed by atoms with Crippen molar-refractivity contribution in [1.29, 1.82) is 0 Å². The summed E-state index contributed by atoms with van der Waals surface area (Å²) in [5, 5.41) is 26.0. The molecule has 2 aromatic heterocycles. The van der Waals surface area contributed by atoms with E-state index in [2.05, 4.69) is 26.7 Å². The van der Waals surface area contributed by atoms with Crippen LogP contribution < -0.4 is 10.6 Å². The van der Waals surface area contributed by atoms with E-state index in [1.165, 1.54) is 12.1 Å². The van der Waals surface area contributed by atoms with Crippen molar-refractivity contribution in [2.45, 2.75) is 50.4 Å². The van der Waals surface area contributed by atoms with Crippen LogP contribution in [0.3, 0.4) is 0 Å². The van der Waals surface area contributed by atoms with Gasteiger partial charge >= 0.3 is 0 Å². The number of nitrogens with one attached hydrogen (secondary N) is 2. The Morgan fingerprint density at radius 1 is 1.05 bits per heavy atom. The van der Waals surface area contributed by atoms with Gasteiger partial charge in [-0.1, -0.05) is 29.8 Å². The van der Waals surface area contributed by atoms with Gasteiger partial charge in [0.25, 0.3) is 0 Å². The molecule has 2 aromatic carbocycles. The molecule has 5 rings (SSSR count). The first-order valence-electron chi connectivity index (χ1n) is 12.6. The number of imidazole rings is 1. The molecule has 1 aliphatic carbocycles. The summed E-state index contributed by atoms with van der Waals surface area (Å²) >= 11 is 6.58. The third-order valence-electron chi connectivity index (χ3n) is 6.96. The molecule has 37 heavy (non-hydrogen) atoms. The predicted molar refractivity (Wildman–Crippen MR) is 144 cm³/mol. The van der Waals surface area contributed by atoms with Gasteiger partial charge in [-0.25, -0.2) is 14.4 Å². The molecule has 4 aromatic rings. The average molecular weight is 524 g/mol. The maximum Gasteiger partial charge on any atom is 0.126 e. The second-order valence-corrected chi connectivity index (χ2v) is 10.1. The number of aliphatic hydroxyl groups excluding tert-OH is 2. The van der Waals surface area contributed by atoms with Gasteiger partial charge in [-0.15, -0.1) is 0 Å².